The van der Waals surface area contributed by atoms with Gasteiger partial charge in [-0.25, -0.2) is 8.42 Å². The molecule has 2 rings (SSSR count). The van der Waals surface area contributed by atoms with E-state index in [9.17, 15) is 8.42 Å². The van der Waals surface area contributed by atoms with Gasteiger partial charge in [-0.2, -0.15) is 0 Å². The highest BCUT2D eigenvalue weighted by Gasteiger charge is 2.28. The van der Waals surface area contributed by atoms with Gasteiger partial charge in [-0.15, -0.1) is 0 Å². The van der Waals surface area contributed by atoms with Gasteiger partial charge in [0, 0.05) is 25.7 Å². The van der Waals surface area contributed by atoms with Crippen molar-refractivity contribution in [1.82, 2.24) is 10.6 Å². The minimum Gasteiger partial charge on any atom is -0.381 e. The van der Waals surface area contributed by atoms with Crippen molar-refractivity contribution in [3.05, 3.63) is 35.9 Å². The predicted molar refractivity (Wildman–Crippen MR) is 102 cm³/mol. The van der Waals surface area contributed by atoms with Gasteiger partial charge in [-0.05, 0) is 31.7 Å². The fourth-order valence-electron chi connectivity index (χ4n) is 2.72. The molecule has 0 aromatic heterocycles. The molecule has 0 bridgehead atoms. The first-order chi connectivity index (χ1) is 12.1. The first kappa shape index (κ1) is 19.7. The third-order valence-corrected chi connectivity index (χ3v) is 5.78. The van der Waals surface area contributed by atoms with Crippen LogP contribution < -0.4 is 10.6 Å². The zero-order valence-electron chi connectivity index (χ0n) is 14.9. The van der Waals surface area contributed by atoms with E-state index in [4.69, 9.17) is 4.74 Å². The number of hydrogen-bond donors (Lipinski definition) is 2. The van der Waals surface area contributed by atoms with Crippen LogP contribution >= 0.6 is 0 Å². The van der Waals surface area contributed by atoms with Crippen molar-refractivity contribution in [2.24, 2.45) is 4.99 Å². The van der Waals surface area contributed by atoms with Gasteiger partial charge >= 0.3 is 0 Å². The lowest BCUT2D eigenvalue weighted by molar-refractivity contribution is 0.136. The summed E-state index contributed by atoms with van der Waals surface area (Å²) < 4.78 is 28.7. The second-order valence-electron chi connectivity index (χ2n) is 6.21. The van der Waals surface area contributed by atoms with E-state index in [2.05, 4.69) is 27.8 Å². The molecular weight excluding hydrogens is 338 g/mol. The smallest absolute Gasteiger partial charge is 0.191 e. The normalized spacial score (nSPS) is 19.7. The molecule has 7 heteroatoms. The van der Waals surface area contributed by atoms with E-state index in [1.807, 2.05) is 25.1 Å². The Balaban J connectivity index is 1.62. The molecule has 1 unspecified atom stereocenters. The number of hydrogen-bond acceptors (Lipinski definition) is 4. The molecule has 0 amide bonds. The van der Waals surface area contributed by atoms with E-state index in [0.29, 0.717) is 32.1 Å². The Hall–Kier alpha value is -1.60. The largest absolute Gasteiger partial charge is 0.381 e. The highest BCUT2D eigenvalue weighted by molar-refractivity contribution is 7.91. The van der Waals surface area contributed by atoms with Gasteiger partial charge in [-0.1, -0.05) is 30.3 Å². The van der Waals surface area contributed by atoms with Crippen LogP contribution in [0.3, 0.4) is 0 Å². The SMILES string of the molecule is CCNC(=NCCCOCCc1ccccc1)NC1CCS(=O)(=O)C1. The van der Waals surface area contributed by atoms with E-state index in [0.717, 1.165) is 19.4 Å². The van der Waals surface area contributed by atoms with Crippen molar-refractivity contribution in [3.63, 3.8) is 0 Å². The van der Waals surface area contributed by atoms with Crippen molar-refractivity contribution >= 4 is 15.8 Å². The van der Waals surface area contributed by atoms with Gasteiger partial charge in [0.25, 0.3) is 0 Å². The Bertz CT molecular complexity index is 632. The molecule has 1 fully saturated rings. The zero-order valence-corrected chi connectivity index (χ0v) is 15.7. The molecule has 1 saturated heterocycles. The molecule has 0 spiro atoms. The van der Waals surface area contributed by atoms with Crippen LogP contribution in [0.4, 0.5) is 0 Å². The summed E-state index contributed by atoms with van der Waals surface area (Å²) in [5.41, 5.74) is 1.28. The van der Waals surface area contributed by atoms with Crippen molar-refractivity contribution < 1.29 is 13.2 Å². The number of rotatable bonds is 9. The number of guanidine groups is 1. The van der Waals surface area contributed by atoms with Crippen LogP contribution in [0.25, 0.3) is 0 Å². The fourth-order valence-corrected chi connectivity index (χ4v) is 4.39. The van der Waals surface area contributed by atoms with Crippen LogP contribution in [0.15, 0.2) is 35.3 Å². The molecule has 1 aromatic carbocycles. The number of nitrogens with zero attached hydrogens (tertiary/aromatic N) is 1. The number of nitrogens with one attached hydrogen (secondary N) is 2. The maximum Gasteiger partial charge on any atom is 0.191 e. The van der Waals surface area contributed by atoms with Crippen LogP contribution in [-0.2, 0) is 21.0 Å². The van der Waals surface area contributed by atoms with Crippen molar-refractivity contribution in [1.29, 1.82) is 0 Å². The molecule has 0 saturated carbocycles. The number of ether oxygens (including phenoxy) is 1. The highest BCUT2D eigenvalue weighted by atomic mass is 32.2. The van der Waals surface area contributed by atoms with Gasteiger partial charge in [0.1, 0.15) is 0 Å². The summed E-state index contributed by atoms with van der Waals surface area (Å²) in [6.45, 7) is 4.79. The van der Waals surface area contributed by atoms with Crippen LogP contribution in [-0.4, -0.2) is 58.2 Å². The van der Waals surface area contributed by atoms with Gasteiger partial charge in [0.15, 0.2) is 15.8 Å². The van der Waals surface area contributed by atoms with E-state index in [1.165, 1.54) is 5.56 Å². The molecule has 2 N–H and O–H groups in total. The Morgan fingerprint density at radius 3 is 2.76 bits per heavy atom. The van der Waals surface area contributed by atoms with E-state index in [-0.39, 0.29) is 17.5 Å². The summed E-state index contributed by atoms with van der Waals surface area (Å²) in [4.78, 5) is 4.50. The van der Waals surface area contributed by atoms with E-state index >= 15 is 0 Å². The molecule has 1 atom stereocenters. The molecule has 1 aromatic rings. The maximum atomic E-state index is 11.5. The third kappa shape index (κ3) is 7.88. The predicted octanol–water partition coefficient (Wildman–Crippen LogP) is 1.38. The summed E-state index contributed by atoms with van der Waals surface area (Å²) >= 11 is 0. The molecule has 140 valence electrons. The van der Waals surface area contributed by atoms with Gasteiger partial charge in [-0.3, -0.25) is 4.99 Å². The monoisotopic (exact) mass is 367 g/mol. The second kappa shape index (κ2) is 10.4. The van der Waals surface area contributed by atoms with Crippen LogP contribution in [0.2, 0.25) is 0 Å². The standard InChI is InChI=1S/C18H29N3O3S/c1-2-19-18(21-17-10-14-25(22,23)15-17)20-11-6-12-24-13-9-16-7-4-3-5-8-16/h3-5,7-8,17H,2,6,9-15H2,1H3,(H2,19,20,21). The lowest BCUT2D eigenvalue weighted by atomic mass is 10.2. The summed E-state index contributed by atoms with van der Waals surface area (Å²) in [5.74, 6) is 1.15. The Labute approximate surface area is 151 Å². The van der Waals surface area contributed by atoms with E-state index in [1.54, 1.807) is 0 Å². The highest BCUT2D eigenvalue weighted by Crippen LogP contribution is 2.10. The quantitative estimate of drug-likeness (QED) is 0.392. The molecule has 25 heavy (non-hydrogen) atoms. The Morgan fingerprint density at radius 1 is 1.28 bits per heavy atom. The number of aliphatic imine (C=N–C) groups is 1. The average Bonchev–Trinajstić information content (AvgIpc) is 2.93. The Kier molecular flexibility index (Phi) is 8.21. The van der Waals surface area contributed by atoms with Crippen molar-refractivity contribution in [2.45, 2.75) is 32.2 Å². The first-order valence-electron chi connectivity index (χ1n) is 8.96. The molecule has 0 aliphatic carbocycles. The molecule has 6 nitrogen and oxygen atoms in total. The number of sulfone groups is 1. The summed E-state index contributed by atoms with van der Waals surface area (Å²) in [5, 5.41) is 6.38. The maximum absolute atomic E-state index is 11.5. The topological polar surface area (TPSA) is 79.8 Å². The summed E-state index contributed by atoms with van der Waals surface area (Å²) in [7, 11) is -2.88. The fraction of sp³-hybridized carbons (Fsp3) is 0.611. The first-order valence-corrected chi connectivity index (χ1v) is 10.8. The van der Waals surface area contributed by atoms with Crippen molar-refractivity contribution in [3.8, 4) is 0 Å². The molecule has 1 aliphatic rings. The van der Waals surface area contributed by atoms with Crippen molar-refractivity contribution in [2.75, 3.05) is 37.8 Å². The van der Waals surface area contributed by atoms with Gasteiger partial charge in [0.05, 0.1) is 18.1 Å². The van der Waals surface area contributed by atoms with Crippen LogP contribution in [0, 0.1) is 0 Å². The van der Waals surface area contributed by atoms with Gasteiger partial charge in [0.2, 0.25) is 0 Å². The summed E-state index contributed by atoms with van der Waals surface area (Å²) in [6, 6.07) is 10.3. The molecule has 1 heterocycles. The minimum absolute atomic E-state index is 0.0371. The number of benzene rings is 1. The molecule has 0 radical (unpaired) electrons. The summed E-state index contributed by atoms with van der Waals surface area (Å²) in [6.07, 6.45) is 2.41. The van der Waals surface area contributed by atoms with Crippen LogP contribution in [0.1, 0.15) is 25.3 Å². The lowest BCUT2D eigenvalue weighted by Gasteiger charge is -2.15. The lowest BCUT2D eigenvalue weighted by Crippen LogP contribution is -2.44. The third-order valence-electron chi connectivity index (χ3n) is 4.01. The van der Waals surface area contributed by atoms with E-state index < -0.39 is 9.84 Å². The van der Waals surface area contributed by atoms with Gasteiger partial charge < -0.3 is 15.4 Å². The minimum atomic E-state index is -2.88. The average molecular weight is 368 g/mol. The molecule has 1 aliphatic heterocycles. The zero-order chi connectivity index (χ0) is 18.0. The Morgan fingerprint density at radius 2 is 2.08 bits per heavy atom. The molecular formula is C18H29N3O3S. The second-order valence-corrected chi connectivity index (χ2v) is 8.44. The van der Waals surface area contributed by atoms with Crippen LogP contribution in [0.5, 0.6) is 0 Å².